The highest BCUT2D eigenvalue weighted by atomic mass is 16.5. The maximum absolute atomic E-state index is 12.9. The number of H-pyrrole nitrogens is 1. The molecule has 4 N–H and O–H groups in total. The van der Waals surface area contributed by atoms with Gasteiger partial charge in [0.25, 0.3) is 0 Å². The van der Waals surface area contributed by atoms with Crippen LogP contribution in [-0.4, -0.2) is 104 Å². The maximum atomic E-state index is 12.9. The fourth-order valence-electron chi connectivity index (χ4n) is 6.24. The Balaban J connectivity index is 1.65. The van der Waals surface area contributed by atoms with Crippen molar-refractivity contribution in [1.29, 1.82) is 0 Å². The van der Waals surface area contributed by atoms with Gasteiger partial charge in [0, 0.05) is 54.0 Å². The summed E-state index contributed by atoms with van der Waals surface area (Å²) in [6, 6.07) is 14.2. The molecular weight excluding hydrogens is 725 g/mol. The van der Waals surface area contributed by atoms with E-state index in [1.807, 2.05) is 57.3 Å². The molecule has 0 atom stereocenters. The topological polar surface area (TPSA) is 170 Å². The lowest BCUT2D eigenvalue weighted by atomic mass is 9.90. The molecule has 0 fully saturated rings. The molecule has 1 aromatic heterocycles. The first kappa shape index (κ1) is 42.9. The number of amides is 4. The van der Waals surface area contributed by atoms with Crippen LogP contribution < -0.4 is 16.0 Å². The first-order valence-corrected chi connectivity index (χ1v) is 18.6. The number of carbonyl (C=O) groups excluding carboxylic acids is 4. The van der Waals surface area contributed by atoms with Crippen LogP contribution in [0.4, 0.5) is 21.0 Å². The molecular formula is C43H50N8O6. The predicted octanol–water partition coefficient (Wildman–Crippen LogP) is 6.07. The third-order valence-corrected chi connectivity index (χ3v) is 8.84. The monoisotopic (exact) mass is 774 g/mol. The van der Waals surface area contributed by atoms with Crippen LogP contribution in [0.3, 0.4) is 0 Å². The number of hydrogen-bond acceptors (Lipinski definition) is 9. The molecule has 14 nitrogen and oxygen atoms in total. The first-order valence-electron chi connectivity index (χ1n) is 18.6. The number of rotatable bonds is 16. The van der Waals surface area contributed by atoms with Crippen LogP contribution in [-0.2, 0) is 25.6 Å². The molecule has 0 aliphatic rings. The molecule has 57 heavy (non-hydrogen) atoms. The summed E-state index contributed by atoms with van der Waals surface area (Å²) >= 11 is 0. The number of benzene rings is 3. The van der Waals surface area contributed by atoms with Crippen LogP contribution in [0.25, 0.3) is 33.2 Å². The molecule has 0 radical (unpaired) electrons. The highest BCUT2D eigenvalue weighted by molar-refractivity contribution is 6.02. The molecule has 298 valence electrons. The molecule has 0 saturated heterocycles. The van der Waals surface area contributed by atoms with Crippen molar-refractivity contribution in [3.05, 3.63) is 65.6 Å². The van der Waals surface area contributed by atoms with Crippen LogP contribution in [0.5, 0.6) is 0 Å². The Bertz CT molecular complexity index is 2200. The van der Waals surface area contributed by atoms with Gasteiger partial charge in [0.05, 0.1) is 50.6 Å². The van der Waals surface area contributed by atoms with E-state index in [9.17, 15) is 19.2 Å². The van der Waals surface area contributed by atoms with Crippen molar-refractivity contribution >= 4 is 52.4 Å². The lowest BCUT2D eigenvalue weighted by molar-refractivity contribution is -0.131. The van der Waals surface area contributed by atoms with Crippen molar-refractivity contribution in [2.24, 2.45) is 4.99 Å². The van der Waals surface area contributed by atoms with Gasteiger partial charge in [-0.2, -0.15) is 0 Å². The number of alkyl carbamates (subject to hydrolysis) is 2. The molecule has 0 bridgehead atoms. The van der Waals surface area contributed by atoms with Gasteiger partial charge in [-0.1, -0.05) is 43.9 Å². The number of imidazole rings is 1. The molecule has 0 aliphatic carbocycles. The number of hydrogen-bond donors (Lipinski definition) is 4. The molecule has 1 heterocycles. The Morgan fingerprint density at radius 3 is 2.04 bits per heavy atom. The van der Waals surface area contributed by atoms with Crippen molar-refractivity contribution in [3.8, 4) is 46.1 Å². The molecule has 14 heteroatoms. The number of fused-ring (bicyclic) bond motifs is 1. The quantitative estimate of drug-likeness (QED) is 0.0785. The van der Waals surface area contributed by atoms with Crippen molar-refractivity contribution in [2.75, 3.05) is 59.3 Å². The van der Waals surface area contributed by atoms with Gasteiger partial charge in [-0.25, -0.2) is 14.6 Å². The molecule has 0 unspecified atom stereocenters. The predicted molar refractivity (Wildman–Crippen MR) is 223 cm³/mol. The van der Waals surface area contributed by atoms with Crippen molar-refractivity contribution in [3.63, 3.8) is 0 Å². The molecule has 0 saturated carbocycles. The van der Waals surface area contributed by atoms with Crippen molar-refractivity contribution in [2.45, 2.75) is 47.1 Å². The second-order valence-corrected chi connectivity index (χ2v) is 12.7. The number of aromatic amines is 1. The largest absolute Gasteiger partial charge is 0.453 e. The van der Waals surface area contributed by atoms with Crippen LogP contribution in [0.2, 0.25) is 0 Å². The van der Waals surface area contributed by atoms with Crippen LogP contribution in [0.1, 0.15) is 57.5 Å². The summed E-state index contributed by atoms with van der Waals surface area (Å²) in [5.74, 6) is 12.8. The van der Waals surface area contributed by atoms with Crippen molar-refractivity contribution in [1.82, 2.24) is 30.4 Å². The number of anilines is 1. The van der Waals surface area contributed by atoms with Gasteiger partial charge in [0.2, 0.25) is 11.8 Å². The van der Waals surface area contributed by atoms with Gasteiger partial charge in [0.15, 0.2) is 0 Å². The average molecular weight is 775 g/mol. The van der Waals surface area contributed by atoms with Crippen LogP contribution in [0.15, 0.2) is 53.7 Å². The fourth-order valence-corrected chi connectivity index (χ4v) is 6.24. The third-order valence-electron chi connectivity index (χ3n) is 8.84. The van der Waals surface area contributed by atoms with Gasteiger partial charge in [0.1, 0.15) is 18.9 Å². The third kappa shape index (κ3) is 11.4. The van der Waals surface area contributed by atoms with Crippen LogP contribution in [0, 0.1) is 23.7 Å². The Hall–Kier alpha value is -6.80. The minimum absolute atomic E-state index is 0.161. The van der Waals surface area contributed by atoms with Gasteiger partial charge in [-0.05, 0) is 61.9 Å². The first-order chi connectivity index (χ1) is 27.6. The van der Waals surface area contributed by atoms with E-state index in [1.165, 1.54) is 14.2 Å². The molecule has 4 rings (SSSR count). The van der Waals surface area contributed by atoms with Crippen molar-refractivity contribution < 1.29 is 28.7 Å². The highest BCUT2D eigenvalue weighted by Gasteiger charge is 2.19. The lowest BCUT2D eigenvalue weighted by Crippen LogP contribution is -2.41. The maximum Gasteiger partial charge on any atom is 0.407 e. The number of carbonyl (C=O) groups is 4. The van der Waals surface area contributed by atoms with Gasteiger partial charge in [-0.3, -0.25) is 14.6 Å². The molecule has 3 aromatic carbocycles. The van der Waals surface area contributed by atoms with E-state index in [4.69, 9.17) is 4.99 Å². The summed E-state index contributed by atoms with van der Waals surface area (Å²) in [4.78, 5) is 64.5. The van der Waals surface area contributed by atoms with E-state index < -0.39 is 12.2 Å². The number of aromatic nitrogens is 2. The molecule has 0 aliphatic heterocycles. The van der Waals surface area contributed by atoms with E-state index in [0.717, 1.165) is 62.8 Å². The van der Waals surface area contributed by atoms with E-state index in [1.54, 1.807) is 36.1 Å². The summed E-state index contributed by atoms with van der Waals surface area (Å²) in [5.41, 5.74) is 6.57. The fraction of sp³-hybridized carbons (Fsp3) is 0.349. The van der Waals surface area contributed by atoms with Gasteiger partial charge < -0.3 is 40.2 Å². The zero-order valence-corrected chi connectivity index (χ0v) is 33.6. The summed E-state index contributed by atoms with van der Waals surface area (Å²) in [5, 5.41) is 10.1. The normalized spacial score (nSPS) is 10.5. The summed E-state index contributed by atoms with van der Waals surface area (Å²) in [6.07, 6.45) is 3.59. The smallest absolute Gasteiger partial charge is 0.407 e. The summed E-state index contributed by atoms with van der Waals surface area (Å²) < 4.78 is 9.16. The Labute approximate surface area is 333 Å². The number of aliphatic imine (C=N–C) groups is 1. The SMILES string of the molecule is CC#Cc1cc(-c2cnc(CN(CCC)C(=O)CNC(=O)OC)[nH]2)cc(C#CC)c1-c1ccc2c(NC)c(N=CCN(CCC)C(=O)CNC(=O)OC)ccc2c1. The second kappa shape index (κ2) is 21.3. The standard InChI is InChI=1S/C43H50N8O6/c1-8-12-30-23-33(36-25-46-37(49-36)28-51(20-11-4)39(53)27-48-43(55)57-7)24-31(13-9-2)40(30)32-14-16-34-29(22-32)15-17-35(41(34)44-5)45-18-21-50(19-10-3)38(52)26-47-42(54)56-6/h14-18,22-25,44H,10-11,19-21,26-28H2,1-7H3,(H,46,49)(H,47,54)(H,48,55). The highest BCUT2D eigenvalue weighted by Crippen LogP contribution is 2.38. The lowest BCUT2D eigenvalue weighted by Gasteiger charge is -2.21. The van der Waals surface area contributed by atoms with E-state index in [2.05, 4.69) is 65.1 Å². The Morgan fingerprint density at radius 2 is 1.46 bits per heavy atom. The molecule has 4 aromatic rings. The zero-order valence-electron chi connectivity index (χ0n) is 33.6. The summed E-state index contributed by atoms with van der Waals surface area (Å²) in [6.45, 7) is 8.73. The minimum Gasteiger partial charge on any atom is -0.453 e. The van der Waals surface area contributed by atoms with E-state index >= 15 is 0 Å². The summed E-state index contributed by atoms with van der Waals surface area (Å²) in [7, 11) is 4.34. The molecule has 0 spiro atoms. The van der Waals surface area contributed by atoms with E-state index in [-0.39, 0.29) is 38.0 Å². The number of nitrogens with zero attached hydrogens (tertiary/aromatic N) is 4. The number of nitrogens with one attached hydrogen (secondary N) is 4. The minimum atomic E-state index is -0.669. The number of ether oxygens (including phenoxy) is 2. The average Bonchev–Trinajstić information content (AvgIpc) is 3.69. The second-order valence-electron chi connectivity index (χ2n) is 12.7. The van der Waals surface area contributed by atoms with Crippen LogP contribution >= 0.6 is 0 Å². The Morgan fingerprint density at radius 1 is 0.842 bits per heavy atom. The number of methoxy groups -OCH3 is 2. The van der Waals surface area contributed by atoms with Gasteiger partial charge in [-0.15, -0.1) is 11.8 Å². The Kier molecular flexibility index (Phi) is 16.1. The van der Waals surface area contributed by atoms with E-state index in [0.29, 0.717) is 24.6 Å². The zero-order chi connectivity index (χ0) is 41.3. The molecule has 4 amide bonds. The van der Waals surface area contributed by atoms with Gasteiger partial charge >= 0.3 is 12.2 Å².